The van der Waals surface area contributed by atoms with Gasteiger partial charge in [-0.15, -0.1) is 23.2 Å². The number of rotatable bonds is 3. The maximum atomic E-state index is 10.7. The Morgan fingerprint density at radius 3 is 2.60 bits per heavy atom. The summed E-state index contributed by atoms with van der Waals surface area (Å²) in [5, 5.41) is 10.7. The Bertz CT molecular complexity index is 406. The molecule has 1 fully saturated rings. The predicted octanol–water partition coefficient (Wildman–Crippen LogP) is 3.33. The number of hydrogen-bond acceptors (Lipinski definition) is 2. The summed E-state index contributed by atoms with van der Waals surface area (Å²) in [5.41, 5.74) is 0.851. The van der Waals surface area contributed by atoms with E-state index in [1.807, 2.05) is 0 Å². The van der Waals surface area contributed by atoms with E-state index in [1.165, 1.54) is 6.07 Å². The molecule has 0 spiro atoms. The summed E-state index contributed by atoms with van der Waals surface area (Å²) in [4.78, 5) is 10.4. The van der Waals surface area contributed by atoms with Gasteiger partial charge in [-0.25, -0.2) is 0 Å². The molecule has 0 aliphatic heterocycles. The van der Waals surface area contributed by atoms with E-state index in [2.05, 4.69) is 0 Å². The van der Waals surface area contributed by atoms with Crippen molar-refractivity contribution in [3.63, 3.8) is 0 Å². The molecule has 0 N–H and O–H groups in total. The van der Waals surface area contributed by atoms with Crippen LogP contribution >= 0.6 is 23.2 Å². The second-order valence-electron chi connectivity index (χ2n) is 3.75. The molecule has 5 heteroatoms. The maximum Gasteiger partial charge on any atom is 0.272 e. The third-order valence-electron chi connectivity index (χ3n) is 2.61. The standard InChI is InChI=1S/C10H9Cl2NO2/c11-10(12)6-8(10)5-7-3-1-2-4-9(7)13(14)15/h1-4,8H,5-6H2. The molecule has 0 amide bonds. The minimum absolute atomic E-state index is 0.141. The molecule has 0 heterocycles. The van der Waals surface area contributed by atoms with Crippen LogP contribution in [-0.4, -0.2) is 9.26 Å². The average molecular weight is 246 g/mol. The first-order chi connectivity index (χ1) is 7.00. The van der Waals surface area contributed by atoms with Gasteiger partial charge in [-0.2, -0.15) is 0 Å². The Balaban J connectivity index is 2.18. The van der Waals surface area contributed by atoms with Gasteiger partial charge < -0.3 is 0 Å². The van der Waals surface area contributed by atoms with Gasteiger partial charge in [0.25, 0.3) is 5.69 Å². The number of nitrogens with zero attached hydrogens (tertiary/aromatic N) is 1. The predicted molar refractivity (Wildman–Crippen MR) is 59.3 cm³/mol. The molecule has 0 aromatic heterocycles. The van der Waals surface area contributed by atoms with E-state index in [4.69, 9.17) is 23.2 Å². The molecule has 0 saturated heterocycles. The molecule has 1 atom stereocenters. The maximum absolute atomic E-state index is 10.7. The first-order valence-electron chi connectivity index (χ1n) is 4.61. The fourth-order valence-corrected chi connectivity index (χ4v) is 2.14. The van der Waals surface area contributed by atoms with Crippen molar-refractivity contribution in [1.82, 2.24) is 0 Å². The van der Waals surface area contributed by atoms with E-state index in [0.29, 0.717) is 18.4 Å². The Kier molecular flexibility index (Phi) is 2.61. The van der Waals surface area contributed by atoms with Gasteiger partial charge in [-0.05, 0) is 18.8 Å². The third kappa shape index (κ3) is 2.24. The van der Waals surface area contributed by atoms with Crippen molar-refractivity contribution in [2.24, 2.45) is 5.92 Å². The van der Waals surface area contributed by atoms with Crippen molar-refractivity contribution in [2.45, 2.75) is 17.2 Å². The zero-order valence-corrected chi connectivity index (χ0v) is 9.33. The lowest BCUT2D eigenvalue weighted by molar-refractivity contribution is -0.385. The summed E-state index contributed by atoms with van der Waals surface area (Å²) >= 11 is 11.8. The fourth-order valence-electron chi connectivity index (χ4n) is 1.62. The van der Waals surface area contributed by atoms with Gasteiger partial charge in [0.15, 0.2) is 0 Å². The summed E-state index contributed by atoms with van der Waals surface area (Å²) in [5.74, 6) is 0.141. The molecular formula is C10H9Cl2NO2. The van der Waals surface area contributed by atoms with Crippen LogP contribution in [0.25, 0.3) is 0 Å². The van der Waals surface area contributed by atoms with E-state index < -0.39 is 4.33 Å². The summed E-state index contributed by atoms with van der Waals surface area (Å²) < 4.78 is -0.677. The summed E-state index contributed by atoms with van der Waals surface area (Å²) in [7, 11) is 0. The number of para-hydroxylation sites is 1. The lowest BCUT2D eigenvalue weighted by Crippen LogP contribution is -1.99. The zero-order chi connectivity index (χ0) is 11.1. The molecule has 0 radical (unpaired) electrons. The van der Waals surface area contributed by atoms with Crippen molar-refractivity contribution >= 4 is 28.9 Å². The van der Waals surface area contributed by atoms with Gasteiger partial charge in [0.1, 0.15) is 4.33 Å². The summed E-state index contributed by atoms with van der Waals surface area (Å²) in [6.45, 7) is 0. The van der Waals surface area contributed by atoms with Crippen molar-refractivity contribution < 1.29 is 4.92 Å². The largest absolute Gasteiger partial charge is 0.272 e. The second kappa shape index (κ2) is 3.65. The minimum Gasteiger partial charge on any atom is -0.258 e. The Morgan fingerprint density at radius 2 is 2.07 bits per heavy atom. The molecule has 80 valence electrons. The van der Waals surface area contributed by atoms with E-state index >= 15 is 0 Å². The second-order valence-corrected chi connectivity index (χ2v) is 5.29. The number of benzene rings is 1. The highest BCUT2D eigenvalue weighted by molar-refractivity contribution is 6.50. The van der Waals surface area contributed by atoms with Gasteiger partial charge in [-0.1, -0.05) is 18.2 Å². The molecule has 3 nitrogen and oxygen atoms in total. The quantitative estimate of drug-likeness (QED) is 0.466. The third-order valence-corrected chi connectivity index (χ3v) is 3.54. The highest BCUT2D eigenvalue weighted by Gasteiger charge is 2.51. The van der Waals surface area contributed by atoms with Crippen molar-refractivity contribution in [2.75, 3.05) is 0 Å². The molecule has 1 saturated carbocycles. The molecule has 15 heavy (non-hydrogen) atoms. The van der Waals surface area contributed by atoms with Gasteiger partial charge in [0.2, 0.25) is 0 Å². The Hall–Kier alpha value is -0.800. The van der Waals surface area contributed by atoms with Crippen molar-refractivity contribution in [3.05, 3.63) is 39.9 Å². The van der Waals surface area contributed by atoms with Crippen LogP contribution in [0.5, 0.6) is 0 Å². The number of alkyl halides is 2. The summed E-state index contributed by atoms with van der Waals surface area (Å²) in [6, 6.07) is 6.69. The molecule has 1 aliphatic carbocycles. The number of nitro benzene ring substituents is 1. The monoisotopic (exact) mass is 245 g/mol. The molecule has 1 unspecified atom stereocenters. The molecule has 0 bridgehead atoms. The lowest BCUT2D eigenvalue weighted by Gasteiger charge is -2.02. The fraction of sp³-hybridized carbons (Fsp3) is 0.400. The van der Waals surface area contributed by atoms with Crippen LogP contribution in [0.1, 0.15) is 12.0 Å². The van der Waals surface area contributed by atoms with E-state index in [1.54, 1.807) is 18.2 Å². The van der Waals surface area contributed by atoms with E-state index in [9.17, 15) is 10.1 Å². The number of halogens is 2. The van der Waals surface area contributed by atoms with Crippen LogP contribution in [0, 0.1) is 16.0 Å². The van der Waals surface area contributed by atoms with E-state index in [0.717, 1.165) is 0 Å². The first-order valence-corrected chi connectivity index (χ1v) is 5.36. The zero-order valence-electron chi connectivity index (χ0n) is 7.82. The van der Waals surface area contributed by atoms with Gasteiger partial charge in [0.05, 0.1) is 4.92 Å². The first kappa shape index (κ1) is 10.7. The lowest BCUT2D eigenvalue weighted by atomic mass is 10.1. The number of nitro groups is 1. The van der Waals surface area contributed by atoms with Gasteiger partial charge >= 0.3 is 0 Å². The van der Waals surface area contributed by atoms with Crippen LogP contribution in [0.2, 0.25) is 0 Å². The van der Waals surface area contributed by atoms with Crippen LogP contribution < -0.4 is 0 Å². The number of hydrogen-bond donors (Lipinski definition) is 0. The highest BCUT2D eigenvalue weighted by atomic mass is 35.5. The van der Waals surface area contributed by atoms with Gasteiger partial charge in [0, 0.05) is 11.6 Å². The van der Waals surface area contributed by atoms with Crippen LogP contribution in [0.3, 0.4) is 0 Å². The highest BCUT2D eigenvalue weighted by Crippen LogP contribution is 2.54. The topological polar surface area (TPSA) is 43.1 Å². The molecule has 1 aliphatic rings. The normalized spacial score (nSPS) is 22.4. The Morgan fingerprint density at radius 1 is 1.47 bits per heavy atom. The van der Waals surface area contributed by atoms with Crippen LogP contribution in [-0.2, 0) is 6.42 Å². The van der Waals surface area contributed by atoms with Gasteiger partial charge in [-0.3, -0.25) is 10.1 Å². The molecule has 2 rings (SSSR count). The summed E-state index contributed by atoms with van der Waals surface area (Å²) in [6.07, 6.45) is 1.28. The molecule has 1 aromatic carbocycles. The van der Waals surface area contributed by atoms with Crippen LogP contribution in [0.4, 0.5) is 5.69 Å². The Labute approximate surface area is 97.1 Å². The SMILES string of the molecule is O=[N+]([O-])c1ccccc1CC1CC1(Cl)Cl. The smallest absolute Gasteiger partial charge is 0.258 e. The minimum atomic E-state index is -0.677. The molecular weight excluding hydrogens is 237 g/mol. The average Bonchev–Trinajstić information content (AvgIpc) is 2.74. The van der Waals surface area contributed by atoms with Crippen molar-refractivity contribution in [3.8, 4) is 0 Å². The van der Waals surface area contributed by atoms with Crippen LogP contribution in [0.15, 0.2) is 24.3 Å². The van der Waals surface area contributed by atoms with Crippen molar-refractivity contribution in [1.29, 1.82) is 0 Å². The molecule has 1 aromatic rings. The van der Waals surface area contributed by atoms with E-state index in [-0.39, 0.29) is 16.5 Å².